The van der Waals surface area contributed by atoms with Crippen LogP contribution in [0.5, 0.6) is 5.75 Å². The summed E-state index contributed by atoms with van der Waals surface area (Å²) in [5.41, 5.74) is 0.535. The normalized spacial score (nSPS) is 18.3. The number of carbonyl (C=O) groups excluding carboxylic acids is 1. The fourth-order valence-corrected chi connectivity index (χ4v) is 2.61. The van der Waals surface area contributed by atoms with Crippen molar-refractivity contribution >= 4 is 5.78 Å². The van der Waals surface area contributed by atoms with Crippen molar-refractivity contribution < 1.29 is 14.6 Å². The lowest BCUT2D eigenvalue weighted by Gasteiger charge is -2.25. The van der Waals surface area contributed by atoms with E-state index in [1.807, 2.05) is 0 Å². The number of Topliss-reactive ketones (excluding diaryl/α,β-unsaturated/α-hetero) is 1. The Morgan fingerprint density at radius 3 is 2.72 bits per heavy atom. The molecule has 1 aromatic rings. The van der Waals surface area contributed by atoms with Crippen LogP contribution in [0.1, 0.15) is 42.5 Å². The fourth-order valence-electron chi connectivity index (χ4n) is 2.61. The quantitative estimate of drug-likeness (QED) is 0.833. The van der Waals surface area contributed by atoms with Gasteiger partial charge in [0.05, 0.1) is 7.11 Å². The zero-order valence-corrected chi connectivity index (χ0v) is 10.8. The van der Waals surface area contributed by atoms with Crippen LogP contribution < -0.4 is 4.74 Å². The third kappa shape index (κ3) is 2.91. The van der Waals surface area contributed by atoms with Crippen molar-refractivity contribution in [2.24, 2.45) is 5.92 Å². The minimum atomic E-state index is -0.864. The second-order valence-corrected chi connectivity index (χ2v) is 4.94. The number of ketones is 1. The predicted molar refractivity (Wildman–Crippen MR) is 69.9 cm³/mol. The minimum absolute atomic E-state index is 0.123. The number of carbonyl (C=O) groups is 1. The van der Waals surface area contributed by atoms with E-state index in [2.05, 4.69) is 0 Å². The number of aliphatic hydroxyl groups is 1. The van der Waals surface area contributed by atoms with Crippen molar-refractivity contribution in [3.63, 3.8) is 0 Å². The highest BCUT2D eigenvalue weighted by atomic mass is 16.5. The summed E-state index contributed by atoms with van der Waals surface area (Å²) in [6.07, 6.45) is 4.50. The first-order chi connectivity index (χ1) is 8.72. The average molecular weight is 248 g/mol. The minimum Gasteiger partial charge on any atom is -0.497 e. The van der Waals surface area contributed by atoms with Crippen LogP contribution in [0.2, 0.25) is 0 Å². The van der Waals surface area contributed by atoms with Gasteiger partial charge in [0, 0.05) is 5.56 Å². The summed E-state index contributed by atoms with van der Waals surface area (Å²) < 4.78 is 5.10. The number of hydrogen-bond donors (Lipinski definition) is 1. The Morgan fingerprint density at radius 2 is 2.06 bits per heavy atom. The van der Waals surface area contributed by atoms with Crippen LogP contribution in [0.3, 0.4) is 0 Å². The number of ether oxygens (including phenoxy) is 1. The smallest absolute Gasteiger partial charge is 0.191 e. The Bertz CT molecular complexity index is 408. The van der Waals surface area contributed by atoms with E-state index in [1.165, 1.54) is 6.42 Å². The van der Waals surface area contributed by atoms with E-state index in [9.17, 15) is 9.90 Å². The molecule has 1 fully saturated rings. The molecule has 1 atom stereocenters. The molecule has 0 bridgehead atoms. The van der Waals surface area contributed by atoms with E-state index in [0.717, 1.165) is 25.7 Å². The summed E-state index contributed by atoms with van der Waals surface area (Å²) in [7, 11) is 1.57. The molecular formula is C15H20O3. The molecule has 1 saturated carbocycles. The van der Waals surface area contributed by atoms with E-state index < -0.39 is 6.10 Å². The van der Waals surface area contributed by atoms with Gasteiger partial charge in [0.15, 0.2) is 5.78 Å². The van der Waals surface area contributed by atoms with Crippen molar-refractivity contribution in [2.75, 3.05) is 7.11 Å². The summed E-state index contributed by atoms with van der Waals surface area (Å²) in [4.78, 5) is 12.2. The van der Waals surface area contributed by atoms with Crippen LogP contribution in [-0.2, 0) is 0 Å². The lowest BCUT2D eigenvalue weighted by atomic mass is 9.82. The zero-order valence-electron chi connectivity index (χ0n) is 10.8. The topological polar surface area (TPSA) is 46.5 Å². The van der Waals surface area contributed by atoms with Gasteiger partial charge in [0.2, 0.25) is 0 Å². The Kier molecular flexibility index (Phi) is 4.37. The summed E-state index contributed by atoms with van der Waals surface area (Å²) >= 11 is 0. The SMILES string of the molecule is COc1cccc(C(=O)C(O)C2CCCCC2)c1. The van der Waals surface area contributed by atoms with Gasteiger partial charge in [0.1, 0.15) is 11.9 Å². The predicted octanol–water partition coefficient (Wildman–Crippen LogP) is 2.82. The molecular weight excluding hydrogens is 228 g/mol. The first-order valence-electron chi connectivity index (χ1n) is 6.58. The maximum atomic E-state index is 12.2. The molecule has 0 radical (unpaired) electrons. The molecule has 0 heterocycles. The van der Waals surface area contributed by atoms with Crippen molar-refractivity contribution in [1.82, 2.24) is 0 Å². The van der Waals surface area contributed by atoms with Crippen molar-refractivity contribution in [2.45, 2.75) is 38.2 Å². The molecule has 0 amide bonds. The summed E-state index contributed by atoms with van der Waals surface area (Å²) in [6, 6.07) is 6.99. The standard InChI is InChI=1S/C15H20O3/c1-18-13-9-5-8-12(10-13)15(17)14(16)11-6-3-2-4-7-11/h5,8-11,14,16H,2-4,6-7H2,1H3. The van der Waals surface area contributed by atoms with Gasteiger partial charge in [-0.15, -0.1) is 0 Å². The second-order valence-electron chi connectivity index (χ2n) is 4.94. The molecule has 0 spiro atoms. The molecule has 1 aliphatic carbocycles. The number of hydrogen-bond acceptors (Lipinski definition) is 3. The lowest BCUT2D eigenvalue weighted by Crippen LogP contribution is -2.31. The van der Waals surface area contributed by atoms with Crippen LogP contribution in [0, 0.1) is 5.92 Å². The highest BCUT2D eigenvalue weighted by Gasteiger charge is 2.28. The Balaban J connectivity index is 2.09. The number of rotatable bonds is 4. The zero-order chi connectivity index (χ0) is 13.0. The molecule has 0 aromatic heterocycles. The first kappa shape index (κ1) is 13.1. The third-order valence-electron chi connectivity index (χ3n) is 3.72. The highest BCUT2D eigenvalue weighted by Crippen LogP contribution is 2.28. The number of methoxy groups -OCH3 is 1. The molecule has 0 saturated heterocycles. The van der Waals surface area contributed by atoms with Crippen LogP contribution in [0.15, 0.2) is 24.3 Å². The molecule has 1 N–H and O–H groups in total. The summed E-state index contributed by atoms with van der Waals surface area (Å²) in [5, 5.41) is 10.2. The van der Waals surface area contributed by atoms with Crippen molar-refractivity contribution in [3.8, 4) is 5.75 Å². The maximum Gasteiger partial charge on any atom is 0.191 e. The van der Waals surface area contributed by atoms with E-state index in [0.29, 0.717) is 11.3 Å². The van der Waals surface area contributed by atoms with Gasteiger partial charge in [-0.1, -0.05) is 31.4 Å². The van der Waals surface area contributed by atoms with Gasteiger partial charge in [-0.3, -0.25) is 4.79 Å². The molecule has 98 valence electrons. The number of benzene rings is 1. The average Bonchev–Trinajstić information content (AvgIpc) is 2.46. The lowest BCUT2D eigenvalue weighted by molar-refractivity contribution is 0.0534. The van der Waals surface area contributed by atoms with Gasteiger partial charge in [-0.2, -0.15) is 0 Å². The Morgan fingerprint density at radius 1 is 1.33 bits per heavy atom. The maximum absolute atomic E-state index is 12.2. The summed E-state index contributed by atoms with van der Waals surface area (Å²) in [6.45, 7) is 0. The van der Waals surface area contributed by atoms with Gasteiger partial charge >= 0.3 is 0 Å². The highest BCUT2D eigenvalue weighted by molar-refractivity contribution is 5.99. The van der Waals surface area contributed by atoms with E-state index in [-0.39, 0.29) is 11.7 Å². The van der Waals surface area contributed by atoms with Gasteiger partial charge in [-0.25, -0.2) is 0 Å². The van der Waals surface area contributed by atoms with Crippen molar-refractivity contribution in [3.05, 3.63) is 29.8 Å². The van der Waals surface area contributed by atoms with E-state index in [4.69, 9.17) is 4.74 Å². The van der Waals surface area contributed by atoms with Crippen LogP contribution in [0.25, 0.3) is 0 Å². The van der Waals surface area contributed by atoms with Crippen LogP contribution in [0.4, 0.5) is 0 Å². The molecule has 1 aliphatic rings. The monoisotopic (exact) mass is 248 g/mol. The summed E-state index contributed by atoms with van der Waals surface area (Å²) in [5.74, 6) is 0.593. The molecule has 1 unspecified atom stereocenters. The van der Waals surface area contributed by atoms with E-state index >= 15 is 0 Å². The van der Waals surface area contributed by atoms with E-state index in [1.54, 1.807) is 31.4 Å². The van der Waals surface area contributed by atoms with Gasteiger partial charge in [-0.05, 0) is 30.9 Å². The third-order valence-corrected chi connectivity index (χ3v) is 3.72. The molecule has 3 nitrogen and oxygen atoms in total. The van der Waals surface area contributed by atoms with Crippen LogP contribution in [-0.4, -0.2) is 24.1 Å². The number of aliphatic hydroxyl groups excluding tert-OH is 1. The molecule has 0 aliphatic heterocycles. The largest absolute Gasteiger partial charge is 0.497 e. The molecule has 2 rings (SSSR count). The molecule has 3 heteroatoms. The fraction of sp³-hybridized carbons (Fsp3) is 0.533. The molecule has 1 aromatic carbocycles. The van der Waals surface area contributed by atoms with Crippen LogP contribution >= 0.6 is 0 Å². The van der Waals surface area contributed by atoms with Crippen molar-refractivity contribution in [1.29, 1.82) is 0 Å². The Labute approximate surface area is 108 Å². The van der Waals surface area contributed by atoms with Gasteiger partial charge in [0.25, 0.3) is 0 Å². The van der Waals surface area contributed by atoms with Gasteiger partial charge < -0.3 is 9.84 Å². The second kappa shape index (κ2) is 6.01. The first-order valence-corrected chi connectivity index (χ1v) is 6.58. The Hall–Kier alpha value is -1.35. The molecule has 18 heavy (non-hydrogen) atoms.